The molecule has 0 N–H and O–H groups in total. The van der Waals surface area contributed by atoms with Crippen LogP contribution in [0, 0.1) is 0 Å². The number of hydrogen-bond acceptors (Lipinski definition) is 6. The summed E-state index contributed by atoms with van der Waals surface area (Å²) < 4.78 is 9.82. The summed E-state index contributed by atoms with van der Waals surface area (Å²) in [6.07, 6.45) is 0. The minimum atomic E-state index is -0.534. The van der Waals surface area contributed by atoms with Gasteiger partial charge in [-0.25, -0.2) is 0 Å². The zero-order valence-corrected chi connectivity index (χ0v) is 11.0. The van der Waals surface area contributed by atoms with Gasteiger partial charge in [0.05, 0.1) is 0 Å². The zero-order chi connectivity index (χ0) is 13.7. The largest absolute Gasteiger partial charge is 0.423 e. The summed E-state index contributed by atoms with van der Waals surface area (Å²) in [5, 5.41) is -0.0935. The van der Waals surface area contributed by atoms with Gasteiger partial charge in [0.2, 0.25) is 0 Å². The molecule has 0 unspecified atom stereocenters. The van der Waals surface area contributed by atoms with Gasteiger partial charge < -0.3 is 9.47 Å². The number of carbonyl (C=O) groups excluding carboxylic acids is 3. The van der Waals surface area contributed by atoms with Crippen molar-refractivity contribution in [2.75, 3.05) is 0 Å². The van der Waals surface area contributed by atoms with Crippen molar-refractivity contribution in [3.8, 4) is 11.5 Å². The Bertz CT molecular complexity index is 495. The van der Waals surface area contributed by atoms with Crippen molar-refractivity contribution in [3.63, 3.8) is 0 Å². The lowest BCUT2D eigenvalue weighted by Crippen LogP contribution is -2.07. The molecule has 0 bridgehead atoms. The van der Waals surface area contributed by atoms with Gasteiger partial charge in [-0.1, -0.05) is 11.8 Å². The maximum absolute atomic E-state index is 11.0. The van der Waals surface area contributed by atoms with Crippen molar-refractivity contribution in [3.05, 3.63) is 18.2 Å². The van der Waals surface area contributed by atoms with Gasteiger partial charge in [0.15, 0.2) is 16.6 Å². The molecule has 5 nitrogen and oxygen atoms in total. The third kappa shape index (κ3) is 4.58. The predicted molar refractivity (Wildman–Crippen MR) is 65.6 cm³/mol. The molecule has 0 heterocycles. The fraction of sp³-hybridized carbons (Fsp3) is 0.250. The van der Waals surface area contributed by atoms with E-state index in [1.54, 1.807) is 6.07 Å². The number of benzene rings is 1. The first-order valence-electron chi connectivity index (χ1n) is 5.08. The normalized spacial score (nSPS) is 9.72. The molecule has 96 valence electrons. The Labute approximate surface area is 108 Å². The van der Waals surface area contributed by atoms with Gasteiger partial charge in [0.25, 0.3) is 0 Å². The Balaban J connectivity index is 3.06. The van der Waals surface area contributed by atoms with Crippen LogP contribution in [0.5, 0.6) is 11.5 Å². The maximum Gasteiger partial charge on any atom is 0.308 e. The number of ether oxygens (including phenoxy) is 2. The number of hydrogen-bond donors (Lipinski definition) is 0. The van der Waals surface area contributed by atoms with Gasteiger partial charge in [-0.3, -0.25) is 14.4 Å². The highest BCUT2D eigenvalue weighted by Gasteiger charge is 2.12. The van der Waals surface area contributed by atoms with E-state index in [1.165, 1.54) is 32.9 Å². The van der Waals surface area contributed by atoms with Gasteiger partial charge in [0.1, 0.15) is 0 Å². The van der Waals surface area contributed by atoms with Gasteiger partial charge in [0, 0.05) is 25.7 Å². The van der Waals surface area contributed by atoms with E-state index in [0.717, 1.165) is 11.8 Å². The van der Waals surface area contributed by atoms with Crippen LogP contribution < -0.4 is 9.47 Å². The highest BCUT2D eigenvalue weighted by molar-refractivity contribution is 8.13. The van der Waals surface area contributed by atoms with Crippen molar-refractivity contribution in [1.29, 1.82) is 0 Å². The Kier molecular flexibility index (Phi) is 4.91. The van der Waals surface area contributed by atoms with E-state index in [2.05, 4.69) is 0 Å². The molecule has 1 rings (SSSR count). The molecular formula is C12H12O5S. The molecule has 6 heteroatoms. The van der Waals surface area contributed by atoms with Crippen molar-refractivity contribution >= 4 is 28.8 Å². The van der Waals surface area contributed by atoms with E-state index < -0.39 is 11.9 Å². The molecule has 0 spiro atoms. The monoisotopic (exact) mass is 268 g/mol. The minimum absolute atomic E-state index is 0.0935. The molecule has 0 amide bonds. The first-order chi connectivity index (χ1) is 8.38. The summed E-state index contributed by atoms with van der Waals surface area (Å²) in [4.78, 5) is 33.4. The lowest BCUT2D eigenvalue weighted by Gasteiger charge is -2.09. The molecule has 1 aromatic rings. The van der Waals surface area contributed by atoms with Crippen LogP contribution in [-0.2, 0) is 14.4 Å². The number of rotatable bonds is 3. The first kappa shape index (κ1) is 14.2. The van der Waals surface area contributed by atoms with Gasteiger partial charge in [-0.2, -0.15) is 0 Å². The molecule has 0 fully saturated rings. The summed E-state index contributed by atoms with van der Waals surface area (Å²) in [5.74, 6) is -0.793. The Morgan fingerprint density at radius 2 is 1.50 bits per heavy atom. The molecular weight excluding hydrogens is 256 g/mol. The van der Waals surface area contributed by atoms with Crippen molar-refractivity contribution < 1.29 is 23.9 Å². The molecule has 1 aromatic carbocycles. The Morgan fingerprint density at radius 1 is 0.944 bits per heavy atom. The van der Waals surface area contributed by atoms with E-state index >= 15 is 0 Å². The number of carbonyl (C=O) groups is 3. The topological polar surface area (TPSA) is 69.7 Å². The summed E-state index contributed by atoms with van der Waals surface area (Å²) in [5.41, 5.74) is 0. The second kappa shape index (κ2) is 6.20. The quantitative estimate of drug-likeness (QED) is 0.475. The first-order valence-corrected chi connectivity index (χ1v) is 5.89. The van der Waals surface area contributed by atoms with Crippen LogP contribution in [0.3, 0.4) is 0 Å². The van der Waals surface area contributed by atoms with Crippen LogP contribution in [0.25, 0.3) is 0 Å². The average Bonchev–Trinajstić information content (AvgIpc) is 2.19. The SMILES string of the molecule is CC(=O)Oc1ccc(SC(C)=O)cc1OC(C)=O. The Morgan fingerprint density at radius 3 is 2.00 bits per heavy atom. The summed E-state index contributed by atoms with van der Waals surface area (Å²) in [7, 11) is 0. The van der Waals surface area contributed by atoms with E-state index in [1.807, 2.05) is 0 Å². The van der Waals surface area contributed by atoms with Gasteiger partial charge >= 0.3 is 11.9 Å². The molecule has 0 saturated carbocycles. The molecule has 0 saturated heterocycles. The van der Waals surface area contributed by atoms with E-state index in [9.17, 15) is 14.4 Å². The summed E-state index contributed by atoms with van der Waals surface area (Å²) in [6.45, 7) is 3.91. The summed E-state index contributed by atoms with van der Waals surface area (Å²) in [6, 6.07) is 4.56. The summed E-state index contributed by atoms with van der Waals surface area (Å²) >= 11 is 0.997. The highest BCUT2D eigenvalue weighted by Crippen LogP contribution is 2.32. The zero-order valence-electron chi connectivity index (χ0n) is 10.2. The predicted octanol–water partition coefficient (Wildman–Crippen LogP) is 2.18. The second-order valence-electron chi connectivity index (χ2n) is 3.39. The molecule has 0 radical (unpaired) electrons. The fourth-order valence-corrected chi connectivity index (χ4v) is 1.83. The van der Waals surface area contributed by atoms with Crippen LogP contribution >= 0.6 is 11.8 Å². The van der Waals surface area contributed by atoms with Crippen LogP contribution in [0.4, 0.5) is 0 Å². The minimum Gasteiger partial charge on any atom is -0.423 e. The van der Waals surface area contributed by atoms with Gasteiger partial charge in [-0.15, -0.1) is 0 Å². The standard InChI is InChI=1S/C12H12O5S/c1-7(13)16-11-5-4-10(18-9(3)15)6-12(11)17-8(2)14/h4-6H,1-3H3. The molecule has 0 aromatic heterocycles. The second-order valence-corrected chi connectivity index (χ2v) is 4.64. The Hall–Kier alpha value is -1.82. The van der Waals surface area contributed by atoms with E-state index in [-0.39, 0.29) is 16.6 Å². The highest BCUT2D eigenvalue weighted by atomic mass is 32.2. The molecule has 0 aliphatic heterocycles. The van der Waals surface area contributed by atoms with Crippen molar-refractivity contribution in [1.82, 2.24) is 0 Å². The smallest absolute Gasteiger partial charge is 0.308 e. The average molecular weight is 268 g/mol. The van der Waals surface area contributed by atoms with Crippen LogP contribution in [0.1, 0.15) is 20.8 Å². The number of esters is 2. The van der Waals surface area contributed by atoms with Crippen LogP contribution in [0.2, 0.25) is 0 Å². The molecule has 0 aliphatic rings. The van der Waals surface area contributed by atoms with Crippen LogP contribution in [0.15, 0.2) is 23.1 Å². The molecule has 0 aliphatic carbocycles. The lowest BCUT2D eigenvalue weighted by molar-refractivity contribution is -0.134. The fourth-order valence-electron chi connectivity index (χ4n) is 1.19. The van der Waals surface area contributed by atoms with Crippen molar-refractivity contribution in [2.45, 2.75) is 25.7 Å². The number of thioether (sulfide) groups is 1. The van der Waals surface area contributed by atoms with Gasteiger partial charge in [-0.05, 0) is 18.2 Å². The molecule has 18 heavy (non-hydrogen) atoms. The third-order valence-electron chi connectivity index (χ3n) is 1.68. The maximum atomic E-state index is 11.0. The van der Waals surface area contributed by atoms with E-state index in [0.29, 0.717) is 4.90 Å². The van der Waals surface area contributed by atoms with Crippen molar-refractivity contribution in [2.24, 2.45) is 0 Å². The third-order valence-corrected chi connectivity index (χ3v) is 2.46. The van der Waals surface area contributed by atoms with Crippen LogP contribution in [-0.4, -0.2) is 17.1 Å². The van der Waals surface area contributed by atoms with E-state index in [4.69, 9.17) is 9.47 Å². The molecule has 0 atom stereocenters. The lowest BCUT2D eigenvalue weighted by atomic mass is 10.3.